The number of allylic oxidation sites excluding steroid dienone is 3. The van der Waals surface area contributed by atoms with E-state index in [9.17, 15) is 14.7 Å². The topological polar surface area (TPSA) is 57.6 Å². The van der Waals surface area contributed by atoms with Gasteiger partial charge in [-0.25, -0.2) is 0 Å². The normalized spacial score (nSPS) is 24.9. The second-order valence-corrected chi connectivity index (χ2v) is 4.33. The molecule has 1 rings (SSSR count). The molecule has 1 fully saturated rings. The summed E-state index contributed by atoms with van der Waals surface area (Å²) in [5.74, 6) is -0.910. The van der Waals surface area contributed by atoms with Gasteiger partial charge in [0.25, 0.3) is 0 Å². The molecule has 0 bridgehead atoms. The van der Waals surface area contributed by atoms with Gasteiger partial charge in [-0.15, -0.1) is 0 Å². The summed E-state index contributed by atoms with van der Waals surface area (Å²) in [5, 5.41) is 9.21. The fourth-order valence-electron chi connectivity index (χ4n) is 2.03. The van der Waals surface area contributed by atoms with Gasteiger partial charge in [0, 0.05) is 19.2 Å². The second kappa shape index (κ2) is 5.66. The van der Waals surface area contributed by atoms with Gasteiger partial charge >= 0.3 is 5.97 Å². The Hall–Kier alpha value is -1.58. The van der Waals surface area contributed by atoms with Gasteiger partial charge in [-0.05, 0) is 19.8 Å². The Morgan fingerprint density at radius 3 is 2.59 bits per heavy atom. The minimum atomic E-state index is -0.798. The lowest BCUT2D eigenvalue weighted by Crippen LogP contribution is -2.35. The molecular formula is C13H19NO3. The molecule has 0 saturated carbocycles. The third kappa shape index (κ3) is 2.96. The molecule has 0 radical (unpaired) electrons. The van der Waals surface area contributed by atoms with Crippen LogP contribution in [0, 0.1) is 5.41 Å². The number of carbonyl (C=O) groups excluding carboxylic acids is 1. The summed E-state index contributed by atoms with van der Waals surface area (Å²) in [6.07, 6.45) is 7.87. The molecule has 1 N–H and O–H groups in total. The minimum Gasteiger partial charge on any atom is -0.481 e. The average molecular weight is 237 g/mol. The van der Waals surface area contributed by atoms with E-state index in [0.717, 1.165) is 0 Å². The number of amides is 1. The van der Waals surface area contributed by atoms with Crippen LogP contribution < -0.4 is 0 Å². The molecule has 94 valence electrons. The van der Waals surface area contributed by atoms with E-state index in [-0.39, 0.29) is 5.91 Å². The first-order chi connectivity index (χ1) is 8.05. The molecule has 4 nitrogen and oxygen atoms in total. The lowest BCUT2D eigenvalue weighted by atomic mass is 9.84. The molecule has 0 spiro atoms. The number of rotatable bonds is 4. The van der Waals surface area contributed by atoms with Gasteiger partial charge in [0.05, 0.1) is 5.41 Å². The van der Waals surface area contributed by atoms with Crippen molar-refractivity contribution in [2.45, 2.75) is 26.7 Å². The third-order valence-corrected chi connectivity index (χ3v) is 3.34. The van der Waals surface area contributed by atoms with E-state index in [0.29, 0.717) is 25.9 Å². The summed E-state index contributed by atoms with van der Waals surface area (Å²) in [7, 11) is 0. The molecule has 1 amide bonds. The fourth-order valence-corrected chi connectivity index (χ4v) is 2.03. The molecule has 1 aliphatic heterocycles. The highest BCUT2D eigenvalue weighted by molar-refractivity contribution is 5.89. The van der Waals surface area contributed by atoms with Crippen molar-refractivity contribution in [3.63, 3.8) is 0 Å². The van der Waals surface area contributed by atoms with Crippen molar-refractivity contribution >= 4 is 11.9 Å². The minimum absolute atomic E-state index is 0.111. The standard InChI is InChI=1S/C13H19NO3/c1-3-5-6-7-11(15)14-9-8-13(4-2,10-14)12(16)17/h3,5-7H,4,8-10H2,1-2H3,(H,16,17). The molecule has 0 aromatic heterocycles. The van der Waals surface area contributed by atoms with Crippen molar-refractivity contribution in [1.82, 2.24) is 4.90 Å². The van der Waals surface area contributed by atoms with Crippen molar-refractivity contribution in [1.29, 1.82) is 0 Å². The molecule has 1 aliphatic rings. The van der Waals surface area contributed by atoms with Crippen molar-refractivity contribution < 1.29 is 14.7 Å². The van der Waals surface area contributed by atoms with E-state index in [1.54, 1.807) is 17.1 Å². The first-order valence-electron chi connectivity index (χ1n) is 5.87. The van der Waals surface area contributed by atoms with Gasteiger partial charge in [0.2, 0.25) is 5.91 Å². The number of hydrogen-bond acceptors (Lipinski definition) is 2. The van der Waals surface area contributed by atoms with E-state index in [2.05, 4.69) is 0 Å². The van der Waals surface area contributed by atoms with Crippen LogP contribution in [-0.4, -0.2) is 35.0 Å². The number of nitrogens with zero attached hydrogens (tertiary/aromatic N) is 1. The molecule has 1 heterocycles. The lowest BCUT2D eigenvalue weighted by Gasteiger charge is -2.22. The Morgan fingerprint density at radius 1 is 1.41 bits per heavy atom. The third-order valence-electron chi connectivity index (χ3n) is 3.34. The summed E-state index contributed by atoms with van der Waals surface area (Å²) < 4.78 is 0. The number of carbonyl (C=O) groups is 2. The molecule has 0 aromatic carbocycles. The first kappa shape index (κ1) is 13.5. The van der Waals surface area contributed by atoms with Crippen molar-refractivity contribution in [3.8, 4) is 0 Å². The van der Waals surface area contributed by atoms with Gasteiger partial charge < -0.3 is 10.0 Å². The Kier molecular flexibility index (Phi) is 4.49. The van der Waals surface area contributed by atoms with Gasteiger partial charge in [0.1, 0.15) is 0 Å². The van der Waals surface area contributed by atoms with Crippen LogP contribution in [0.25, 0.3) is 0 Å². The largest absolute Gasteiger partial charge is 0.481 e. The van der Waals surface area contributed by atoms with Crippen LogP contribution in [0.3, 0.4) is 0 Å². The van der Waals surface area contributed by atoms with Gasteiger partial charge in [0.15, 0.2) is 0 Å². The predicted octanol–water partition coefficient (Wildman–Crippen LogP) is 1.83. The van der Waals surface area contributed by atoms with E-state index in [1.165, 1.54) is 6.08 Å². The van der Waals surface area contributed by atoms with Crippen LogP contribution in [0.5, 0.6) is 0 Å². The van der Waals surface area contributed by atoms with Crippen molar-refractivity contribution in [2.24, 2.45) is 5.41 Å². The van der Waals surface area contributed by atoms with Gasteiger partial charge in [-0.2, -0.15) is 0 Å². The van der Waals surface area contributed by atoms with Crippen LogP contribution in [-0.2, 0) is 9.59 Å². The van der Waals surface area contributed by atoms with Gasteiger partial charge in [-0.3, -0.25) is 9.59 Å². The highest BCUT2D eigenvalue weighted by Crippen LogP contribution is 2.34. The summed E-state index contributed by atoms with van der Waals surface area (Å²) in [4.78, 5) is 24.6. The second-order valence-electron chi connectivity index (χ2n) is 4.33. The zero-order valence-electron chi connectivity index (χ0n) is 10.3. The molecule has 1 saturated heterocycles. The number of hydrogen-bond donors (Lipinski definition) is 1. The molecule has 0 aromatic rings. The highest BCUT2D eigenvalue weighted by atomic mass is 16.4. The zero-order valence-corrected chi connectivity index (χ0v) is 10.3. The number of carboxylic acids is 1. The van der Waals surface area contributed by atoms with Crippen LogP contribution in [0.15, 0.2) is 24.3 Å². The molecule has 17 heavy (non-hydrogen) atoms. The van der Waals surface area contributed by atoms with Gasteiger partial charge in [-0.1, -0.05) is 25.2 Å². The zero-order chi connectivity index (χ0) is 12.9. The summed E-state index contributed by atoms with van der Waals surface area (Å²) in [6.45, 7) is 4.58. The SMILES string of the molecule is CC=CC=CC(=O)N1CCC(CC)(C(=O)O)C1. The monoisotopic (exact) mass is 237 g/mol. The maximum atomic E-state index is 11.8. The van der Waals surface area contributed by atoms with Crippen LogP contribution >= 0.6 is 0 Å². The molecule has 1 unspecified atom stereocenters. The number of aliphatic carboxylic acids is 1. The van der Waals surface area contributed by atoms with E-state index in [4.69, 9.17) is 0 Å². The molecule has 4 heteroatoms. The summed E-state index contributed by atoms with van der Waals surface area (Å²) in [6, 6.07) is 0. The molecule has 1 atom stereocenters. The Balaban J connectivity index is 2.66. The Morgan fingerprint density at radius 2 is 2.12 bits per heavy atom. The maximum absolute atomic E-state index is 11.8. The van der Waals surface area contributed by atoms with Crippen LogP contribution in [0.2, 0.25) is 0 Å². The Bertz CT molecular complexity index is 360. The predicted molar refractivity (Wildman–Crippen MR) is 65.5 cm³/mol. The first-order valence-corrected chi connectivity index (χ1v) is 5.87. The fraction of sp³-hybridized carbons (Fsp3) is 0.538. The van der Waals surface area contributed by atoms with Crippen molar-refractivity contribution in [2.75, 3.05) is 13.1 Å². The number of carboxylic acid groups (broad SMARTS) is 1. The van der Waals surface area contributed by atoms with E-state index in [1.807, 2.05) is 19.9 Å². The lowest BCUT2D eigenvalue weighted by molar-refractivity contribution is -0.148. The van der Waals surface area contributed by atoms with E-state index < -0.39 is 11.4 Å². The highest BCUT2D eigenvalue weighted by Gasteiger charge is 2.44. The van der Waals surface area contributed by atoms with Crippen LogP contribution in [0.1, 0.15) is 26.7 Å². The van der Waals surface area contributed by atoms with E-state index >= 15 is 0 Å². The maximum Gasteiger partial charge on any atom is 0.311 e. The van der Waals surface area contributed by atoms with Crippen molar-refractivity contribution in [3.05, 3.63) is 24.3 Å². The average Bonchev–Trinajstić information content (AvgIpc) is 2.75. The number of likely N-dealkylation sites (tertiary alicyclic amines) is 1. The quantitative estimate of drug-likeness (QED) is 0.599. The molecular weight excluding hydrogens is 218 g/mol. The summed E-state index contributed by atoms with van der Waals surface area (Å²) >= 11 is 0. The smallest absolute Gasteiger partial charge is 0.311 e. The summed E-state index contributed by atoms with van der Waals surface area (Å²) in [5.41, 5.74) is -0.746. The molecule has 0 aliphatic carbocycles. The Labute approximate surface area is 102 Å². The van der Waals surface area contributed by atoms with Crippen LogP contribution in [0.4, 0.5) is 0 Å².